The highest BCUT2D eigenvalue weighted by Gasteiger charge is 2.23. The molecule has 5 nitrogen and oxygen atoms in total. The zero-order valence-electron chi connectivity index (χ0n) is 12.4. The summed E-state index contributed by atoms with van der Waals surface area (Å²) in [7, 11) is 2.01. The summed E-state index contributed by atoms with van der Waals surface area (Å²) in [4.78, 5) is 6.96. The van der Waals surface area contributed by atoms with Crippen LogP contribution in [-0.2, 0) is 13.0 Å². The molecule has 2 heterocycles. The fraction of sp³-hybridized carbons (Fsp3) is 0.857. The van der Waals surface area contributed by atoms with Crippen LogP contribution < -0.4 is 5.32 Å². The Morgan fingerprint density at radius 2 is 2.26 bits per heavy atom. The summed E-state index contributed by atoms with van der Waals surface area (Å²) >= 11 is 0. The standard InChI is InChI=1S/C14H26N4O/c1-11(2)8-13-16-14(19-17-13)10-18-7-5-4-6-12(18)9-15-3/h11-12,15H,4-10H2,1-3H3. The number of nitrogens with one attached hydrogen (secondary N) is 1. The topological polar surface area (TPSA) is 54.2 Å². The van der Waals surface area contributed by atoms with Crippen molar-refractivity contribution in [3.63, 3.8) is 0 Å². The molecule has 1 N–H and O–H groups in total. The van der Waals surface area contributed by atoms with E-state index in [1.54, 1.807) is 0 Å². The third-order valence-corrected chi connectivity index (χ3v) is 3.63. The van der Waals surface area contributed by atoms with Crippen LogP contribution in [0.1, 0.15) is 44.8 Å². The molecule has 1 aromatic rings. The smallest absolute Gasteiger partial charge is 0.240 e. The quantitative estimate of drug-likeness (QED) is 0.851. The average Bonchev–Trinajstić information content (AvgIpc) is 2.78. The van der Waals surface area contributed by atoms with E-state index >= 15 is 0 Å². The third kappa shape index (κ3) is 4.28. The molecule has 0 saturated carbocycles. The molecule has 0 amide bonds. The second-order valence-electron chi connectivity index (χ2n) is 5.88. The van der Waals surface area contributed by atoms with Gasteiger partial charge in [0, 0.05) is 19.0 Å². The highest BCUT2D eigenvalue weighted by molar-refractivity contribution is 4.89. The maximum atomic E-state index is 5.37. The molecule has 1 saturated heterocycles. The number of hydrogen-bond acceptors (Lipinski definition) is 5. The molecule has 1 fully saturated rings. The average molecular weight is 266 g/mol. The van der Waals surface area contributed by atoms with Gasteiger partial charge in [0.1, 0.15) is 0 Å². The predicted molar refractivity (Wildman–Crippen MR) is 74.8 cm³/mol. The van der Waals surface area contributed by atoms with E-state index in [9.17, 15) is 0 Å². The number of likely N-dealkylation sites (tertiary alicyclic amines) is 1. The summed E-state index contributed by atoms with van der Waals surface area (Å²) in [6.45, 7) is 7.30. The molecule has 1 aliphatic rings. The highest BCUT2D eigenvalue weighted by atomic mass is 16.5. The minimum absolute atomic E-state index is 0.567. The Hall–Kier alpha value is -0.940. The minimum atomic E-state index is 0.567. The first-order chi connectivity index (χ1) is 9.19. The van der Waals surface area contributed by atoms with E-state index < -0.39 is 0 Å². The molecule has 0 spiro atoms. The first-order valence-corrected chi connectivity index (χ1v) is 7.39. The van der Waals surface area contributed by atoms with E-state index in [0.29, 0.717) is 12.0 Å². The van der Waals surface area contributed by atoms with E-state index in [2.05, 4.69) is 34.2 Å². The van der Waals surface area contributed by atoms with Crippen LogP contribution in [0, 0.1) is 5.92 Å². The van der Waals surface area contributed by atoms with Crippen LogP contribution in [0.3, 0.4) is 0 Å². The van der Waals surface area contributed by atoms with E-state index in [0.717, 1.165) is 37.8 Å². The lowest BCUT2D eigenvalue weighted by molar-refractivity contribution is 0.123. The third-order valence-electron chi connectivity index (χ3n) is 3.63. The van der Waals surface area contributed by atoms with Crippen LogP contribution >= 0.6 is 0 Å². The molecular formula is C14H26N4O. The van der Waals surface area contributed by atoms with Crippen molar-refractivity contribution in [2.45, 2.75) is 52.1 Å². The summed E-state index contributed by atoms with van der Waals surface area (Å²) in [6.07, 6.45) is 4.75. The fourth-order valence-electron chi connectivity index (χ4n) is 2.71. The lowest BCUT2D eigenvalue weighted by atomic mass is 10.0. The lowest BCUT2D eigenvalue weighted by Gasteiger charge is -2.34. The van der Waals surface area contributed by atoms with Crippen LogP contribution in [-0.4, -0.2) is 41.2 Å². The Labute approximate surface area is 115 Å². The first-order valence-electron chi connectivity index (χ1n) is 7.39. The normalized spacial score (nSPS) is 21.2. The SMILES string of the molecule is CNCC1CCCCN1Cc1nc(CC(C)C)no1. The van der Waals surface area contributed by atoms with Crippen LogP contribution in [0.25, 0.3) is 0 Å². The van der Waals surface area contributed by atoms with Gasteiger partial charge in [-0.3, -0.25) is 4.90 Å². The van der Waals surface area contributed by atoms with Gasteiger partial charge in [-0.1, -0.05) is 25.4 Å². The Balaban J connectivity index is 1.92. The summed E-state index contributed by atoms with van der Waals surface area (Å²) in [5.74, 6) is 2.17. The van der Waals surface area contributed by atoms with Crippen LogP contribution in [0.5, 0.6) is 0 Å². The van der Waals surface area contributed by atoms with Gasteiger partial charge in [-0.05, 0) is 32.4 Å². The van der Waals surface area contributed by atoms with Crippen molar-refractivity contribution in [1.29, 1.82) is 0 Å². The lowest BCUT2D eigenvalue weighted by Crippen LogP contribution is -2.44. The Morgan fingerprint density at radius 1 is 1.42 bits per heavy atom. The molecule has 5 heteroatoms. The number of rotatable bonds is 6. The largest absolute Gasteiger partial charge is 0.338 e. The number of likely N-dealkylation sites (N-methyl/N-ethyl adjacent to an activating group) is 1. The van der Waals surface area contributed by atoms with Crippen molar-refractivity contribution in [2.75, 3.05) is 20.1 Å². The monoisotopic (exact) mass is 266 g/mol. The van der Waals surface area contributed by atoms with Crippen molar-refractivity contribution >= 4 is 0 Å². The Morgan fingerprint density at radius 3 is 3.00 bits per heavy atom. The van der Waals surface area contributed by atoms with Gasteiger partial charge in [0.25, 0.3) is 0 Å². The molecule has 19 heavy (non-hydrogen) atoms. The molecule has 0 aliphatic carbocycles. The number of hydrogen-bond donors (Lipinski definition) is 1. The highest BCUT2D eigenvalue weighted by Crippen LogP contribution is 2.18. The Kier molecular flexibility index (Phi) is 5.34. The second-order valence-corrected chi connectivity index (χ2v) is 5.88. The van der Waals surface area contributed by atoms with Crippen molar-refractivity contribution in [3.05, 3.63) is 11.7 Å². The van der Waals surface area contributed by atoms with Crippen LogP contribution in [0.4, 0.5) is 0 Å². The molecule has 1 aliphatic heterocycles. The summed E-state index contributed by atoms with van der Waals surface area (Å²) in [5, 5.41) is 7.34. The van der Waals surface area contributed by atoms with Crippen LogP contribution in [0.15, 0.2) is 4.52 Å². The summed E-state index contributed by atoms with van der Waals surface area (Å²) in [5.41, 5.74) is 0. The van der Waals surface area contributed by atoms with Gasteiger partial charge < -0.3 is 9.84 Å². The zero-order valence-corrected chi connectivity index (χ0v) is 12.4. The Bertz CT molecular complexity index is 375. The van der Waals surface area contributed by atoms with Gasteiger partial charge in [0.15, 0.2) is 5.82 Å². The van der Waals surface area contributed by atoms with E-state index in [-0.39, 0.29) is 0 Å². The van der Waals surface area contributed by atoms with E-state index in [1.807, 2.05) is 7.05 Å². The van der Waals surface area contributed by atoms with Crippen molar-refractivity contribution in [1.82, 2.24) is 20.4 Å². The van der Waals surface area contributed by atoms with Crippen molar-refractivity contribution in [3.8, 4) is 0 Å². The molecule has 1 aromatic heterocycles. The number of nitrogens with zero attached hydrogens (tertiary/aromatic N) is 3. The van der Waals surface area contributed by atoms with Gasteiger partial charge in [0.2, 0.25) is 5.89 Å². The van der Waals surface area contributed by atoms with E-state index in [4.69, 9.17) is 4.52 Å². The molecule has 1 unspecified atom stereocenters. The number of piperidine rings is 1. The van der Waals surface area contributed by atoms with Gasteiger partial charge in [0.05, 0.1) is 6.54 Å². The molecule has 0 radical (unpaired) electrons. The fourth-order valence-corrected chi connectivity index (χ4v) is 2.71. The molecule has 0 bridgehead atoms. The maximum Gasteiger partial charge on any atom is 0.240 e. The van der Waals surface area contributed by atoms with Crippen LogP contribution in [0.2, 0.25) is 0 Å². The van der Waals surface area contributed by atoms with Crippen molar-refractivity contribution in [2.24, 2.45) is 5.92 Å². The molecule has 0 aromatic carbocycles. The molecule has 108 valence electrons. The van der Waals surface area contributed by atoms with Gasteiger partial charge in [-0.25, -0.2) is 0 Å². The van der Waals surface area contributed by atoms with Gasteiger partial charge in [-0.15, -0.1) is 0 Å². The number of aromatic nitrogens is 2. The van der Waals surface area contributed by atoms with Gasteiger partial charge >= 0.3 is 0 Å². The predicted octanol–water partition coefficient (Wildman–Crippen LogP) is 1.84. The summed E-state index contributed by atoms with van der Waals surface area (Å²) in [6, 6.07) is 0.596. The van der Waals surface area contributed by atoms with Gasteiger partial charge in [-0.2, -0.15) is 4.98 Å². The van der Waals surface area contributed by atoms with Crippen molar-refractivity contribution < 1.29 is 4.52 Å². The molecular weight excluding hydrogens is 240 g/mol. The summed E-state index contributed by atoms with van der Waals surface area (Å²) < 4.78 is 5.37. The first kappa shape index (κ1) is 14.5. The molecule has 1 atom stereocenters. The zero-order chi connectivity index (χ0) is 13.7. The van der Waals surface area contributed by atoms with E-state index in [1.165, 1.54) is 19.3 Å². The maximum absolute atomic E-state index is 5.37. The minimum Gasteiger partial charge on any atom is -0.338 e. The second kappa shape index (κ2) is 7.01. The molecule has 2 rings (SSSR count).